The van der Waals surface area contributed by atoms with Gasteiger partial charge in [-0.05, 0) is 16.7 Å². The first kappa shape index (κ1) is 16.2. The van der Waals surface area contributed by atoms with Crippen LogP contribution in [-0.4, -0.2) is 35.7 Å². The Labute approximate surface area is 140 Å². The van der Waals surface area contributed by atoms with E-state index >= 15 is 0 Å². The molecular weight excluding hydrogens is 306 g/mol. The number of hydrogen-bond acceptors (Lipinski definition) is 3. The molecule has 1 aliphatic rings. The minimum Gasteiger partial charge on any atom is -0.479 e. The topological polar surface area (TPSA) is 75.6 Å². The first-order valence-corrected chi connectivity index (χ1v) is 7.86. The number of carbonyl (C=O) groups excluding carboxylic acids is 1. The van der Waals surface area contributed by atoms with Crippen LogP contribution in [0.4, 0.5) is 0 Å². The maximum atomic E-state index is 12.2. The maximum absolute atomic E-state index is 12.2. The predicted molar refractivity (Wildman–Crippen MR) is 89.5 cm³/mol. The number of aliphatic carboxylic acids is 1. The molecule has 0 radical (unpaired) electrons. The smallest absolute Gasteiger partial charge is 0.331 e. The summed E-state index contributed by atoms with van der Waals surface area (Å²) in [4.78, 5) is 23.6. The fraction of sp³-hybridized carbons (Fsp3) is 0.263. The molecule has 0 bridgehead atoms. The number of carbonyl (C=O) groups is 2. The second-order valence-corrected chi connectivity index (χ2v) is 5.98. The van der Waals surface area contributed by atoms with Gasteiger partial charge in [-0.25, -0.2) is 4.79 Å². The number of carboxylic acid groups (broad SMARTS) is 1. The molecule has 1 atom stereocenters. The molecule has 2 N–H and O–H groups in total. The van der Waals surface area contributed by atoms with Gasteiger partial charge in [-0.15, -0.1) is 0 Å². The lowest BCUT2D eigenvalue weighted by molar-refractivity contribution is -0.147. The van der Waals surface area contributed by atoms with Crippen molar-refractivity contribution in [2.45, 2.75) is 18.4 Å². The van der Waals surface area contributed by atoms with E-state index in [1.54, 1.807) is 0 Å². The number of benzene rings is 2. The quantitative estimate of drug-likeness (QED) is 0.884. The number of carboxylic acids is 1. The molecule has 1 fully saturated rings. The lowest BCUT2D eigenvalue weighted by Crippen LogP contribution is -2.55. The van der Waals surface area contributed by atoms with E-state index in [9.17, 15) is 14.7 Å². The number of ether oxygens (including phenoxy) is 1. The van der Waals surface area contributed by atoms with E-state index in [2.05, 4.69) is 5.32 Å². The highest BCUT2D eigenvalue weighted by Crippen LogP contribution is 2.21. The SMILES string of the molecule is O=C(Cc1ccc(-c2ccccc2)cc1)NC1(C(=O)O)CCOC1. The van der Waals surface area contributed by atoms with Crippen LogP contribution in [0.25, 0.3) is 11.1 Å². The molecule has 5 nitrogen and oxygen atoms in total. The third-order valence-electron chi connectivity index (χ3n) is 4.24. The average Bonchev–Trinajstić information content (AvgIpc) is 3.06. The highest BCUT2D eigenvalue weighted by molar-refractivity contribution is 5.88. The molecule has 24 heavy (non-hydrogen) atoms. The van der Waals surface area contributed by atoms with Crippen molar-refractivity contribution in [1.29, 1.82) is 0 Å². The van der Waals surface area contributed by atoms with Crippen molar-refractivity contribution in [3.05, 3.63) is 60.2 Å². The molecule has 1 amide bonds. The molecule has 1 saturated heterocycles. The largest absolute Gasteiger partial charge is 0.479 e. The summed E-state index contributed by atoms with van der Waals surface area (Å²) in [6, 6.07) is 17.7. The highest BCUT2D eigenvalue weighted by Gasteiger charge is 2.43. The third kappa shape index (κ3) is 3.46. The van der Waals surface area contributed by atoms with Gasteiger partial charge in [0.2, 0.25) is 5.91 Å². The monoisotopic (exact) mass is 325 g/mol. The van der Waals surface area contributed by atoms with Crippen molar-refractivity contribution >= 4 is 11.9 Å². The van der Waals surface area contributed by atoms with Gasteiger partial charge in [0.25, 0.3) is 0 Å². The Morgan fingerprint density at radius 2 is 1.71 bits per heavy atom. The van der Waals surface area contributed by atoms with E-state index < -0.39 is 11.5 Å². The minimum absolute atomic E-state index is 0.0149. The average molecular weight is 325 g/mol. The summed E-state index contributed by atoms with van der Waals surface area (Å²) in [7, 11) is 0. The van der Waals surface area contributed by atoms with Gasteiger partial charge >= 0.3 is 5.97 Å². The minimum atomic E-state index is -1.29. The summed E-state index contributed by atoms with van der Waals surface area (Å²) in [6.07, 6.45) is 0.436. The van der Waals surface area contributed by atoms with Gasteiger partial charge in [-0.1, -0.05) is 54.6 Å². The lowest BCUT2D eigenvalue weighted by Gasteiger charge is -2.23. The molecule has 0 saturated carbocycles. The third-order valence-corrected chi connectivity index (χ3v) is 4.24. The Morgan fingerprint density at radius 1 is 1.04 bits per heavy atom. The zero-order chi connectivity index (χ0) is 17.0. The Hall–Kier alpha value is -2.66. The van der Waals surface area contributed by atoms with E-state index in [0.29, 0.717) is 13.0 Å². The van der Waals surface area contributed by atoms with Crippen LogP contribution < -0.4 is 5.32 Å². The molecule has 1 heterocycles. The van der Waals surface area contributed by atoms with E-state index in [4.69, 9.17) is 4.74 Å². The first-order chi connectivity index (χ1) is 11.6. The van der Waals surface area contributed by atoms with E-state index in [-0.39, 0.29) is 18.9 Å². The first-order valence-electron chi connectivity index (χ1n) is 7.86. The zero-order valence-corrected chi connectivity index (χ0v) is 13.2. The number of nitrogens with one attached hydrogen (secondary N) is 1. The molecule has 0 aliphatic carbocycles. The summed E-state index contributed by atoms with van der Waals surface area (Å²) in [5, 5.41) is 12.0. The number of rotatable bonds is 5. The molecule has 0 aromatic heterocycles. The van der Waals surface area contributed by atoms with Crippen LogP contribution in [-0.2, 0) is 20.7 Å². The summed E-state index contributed by atoms with van der Waals surface area (Å²) in [6.45, 7) is 0.360. The second kappa shape index (κ2) is 6.84. The normalized spacial score (nSPS) is 19.8. The predicted octanol–water partition coefficient (Wildman–Crippen LogP) is 2.26. The summed E-state index contributed by atoms with van der Waals surface area (Å²) < 4.78 is 5.14. The van der Waals surface area contributed by atoms with Crippen LogP contribution in [0.3, 0.4) is 0 Å². The van der Waals surface area contributed by atoms with Crippen molar-refractivity contribution in [2.75, 3.05) is 13.2 Å². The van der Waals surface area contributed by atoms with E-state index in [1.165, 1.54) is 0 Å². The van der Waals surface area contributed by atoms with Crippen LogP contribution in [0.5, 0.6) is 0 Å². The van der Waals surface area contributed by atoms with E-state index in [0.717, 1.165) is 16.7 Å². The van der Waals surface area contributed by atoms with Gasteiger partial charge < -0.3 is 15.2 Å². The van der Waals surface area contributed by atoms with Crippen LogP contribution in [0, 0.1) is 0 Å². The van der Waals surface area contributed by atoms with Crippen molar-refractivity contribution in [3.63, 3.8) is 0 Å². The Kier molecular flexibility index (Phi) is 4.62. The maximum Gasteiger partial charge on any atom is 0.331 e. The van der Waals surface area contributed by atoms with Crippen LogP contribution in [0.1, 0.15) is 12.0 Å². The van der Waals surface area contributed by atoms with Crippen molar-refractivity contribution < 1.29 is 19.4 Å². The van der Waals surface area contributed by atoms with Gasteiger partial charge in [-0.2, -0.15) is 0 Å². The van der Waals surface area contributed by atoms with Gasteiger partial charge in [-0.3, -0.25) is 4.79 Å². The Balaban J connectivity index is 1.65. The molecule has 5 heteroatoms. The Bertz CT molecular complexity index is 719. The van der Waals surface area contributed by atoms with Gasteiger partial charge in [0, 0.05) is 13.0 Å². The van der Waals surface area contributed by atoms with Crippen LogP contribution >= 0.6 is 0 Å². The van der Waals surface area contributed by atoms with Gasteiger partial charge in [0.05, 0.1) is 13.0 Å². The standard InChI is InChI=1S/C19H19NO4/c21-17(20-19(18(22)23)10-11-24-13-19)12-14-6-8-16(9-7-14)15-4-2-1-3-5-15/h1-9H,10-13H2,(H,20,21)(H,22,23). The van der Waals surface area contributed by atoms with Crippen LogP contribution in [0.15, 0.2) is 54.6 Å². The molecular formula is C19H19NO4. The zero-order valence-electron chi connectivity index (χ0n) is 13.2. The Morgan fingerprint density at radius 3 is 2.29 bits per heavy atom. The van der Waals surface area contributed by atoms with Crippen molar-refractivity contribution in [2.24, 2.45) is 0 Å². The summed E-state index contributed by atoms with van der Waals surface area (Å²) in [5.74, 6) is -1.36. The van der Waals surface area contributed by atoms with Gasteiger partial charge in [0.15, 0.2) is 5.54 Å². The number of amides is 1. The molecule has 1 unspecified atom stereocenters. The second-order valence-electron chi connectivity index (χ2n) is 5.98. The fourth-order valence-electron chi connectivity index (χ4n) is 2.83. The summed E-state index contributed by atoms with van der Waals surface area (Å²) >= 11 is 0. The van der Waals surface area contributed by atoms with Crippen LogP contribution in [0.2, 0.25) is 0 Å². The molecule has 2 aromatic rings. The molecule has 0 spiro atoms. The van der Waals surface area contributed by atoms with E-state index in [1.807, 2.05) is 54.6 Å². The van der Waals surface area contributed by atoms with Gasteiger partial charge in [0.1, 0.15) is 0 Å². The molecule has 124 valence electrons. The lowest BCUT2D eigenvalue weighted by atomic mass is 9.98. The molecule has 3 rings (SSSR count). The molecule has 2 aromatic carbocycles. The van der Waals surface area contributed by atoms with Crippen molar-refractivity contribution in [3.8, 4) is 11.1 Å². The number of hydrogen-bond donors (Lipinski definition) is 2. The fourth-order valence-corrected chi connectivity index (χ4v) is 2.83. The molecule has 1 aliphatic heterocycles. The summed E-state index contributed by atoms with van der Waals surface area (Å²) in [5.41, 5.74) is 1.74. The van der Waals surface area contributed by atoms with Crippen molar-refractivity contribution in [1.82, 2.24) is 5.32 Å². The highest BCUT2D eigenvalue weighted by atomic mass is 16.5.